The third-order valence-electron chi connectivity index (χ3n) is 5.15. The maximum Gasteiger partial charge on any atom is 0.193 e. The Labute approximate surface area is 167 Å². The van der Waals surface area contributed by atoms with E-state index in [0.717, 1.165) is 31.2 Å². The summed E-state index contributed by atoms with van der Waals surface area (Å²) in [6.07, 6.45) is 5.17. The van der Waals surface area contributed by atoms with E-state index in [1.165, 1.54) is 27.6 Å². The molecule has 0 unspecified atom stereocenters. The number of hydrogen-bond acceptors (Lipinski definition) is 2. The van der Waals surface area contributed by atoms with Crippen LogP contribution >= 0.6 is 0 Å². The van der Waals surface area contributed by atoms with Crippen molar-refractivity contribution in [2.45, 2.75) is 39.7 Å². The maximum absolute atomic E-state index is 4.61. The van der Waals surface area contributed by atoms with Crippen molar-refractivity contribution in [3.8, 4) is 0 Å². The molecule has 0 aliphatic carbocycles. The second kappa shape index (κ2) is 8.50. The number of hydrogen-bond donors (Lipinski definition) is 2. The van der Waals surface area contributed by atoms with Gasteiger partial charge in [-0.25, -0.2) is 0 Å². The van der Waals surface area contributed by atoms with Gasteiger partial charge in [0.2, 0.25) is 0 Å². The zero-order valence-electron chi connectivity index (χ0n) is 17.9. The quantitative estimate of drug-likeness (QED) is 0.507. The van der Waals surface area contributed by atoms with Crippen LogP contribution in [0.4, 0.5) is 0 Å². The summed E-state index contributed by atoms with van der Waals surface area (Å²) in [6, 6.07) is 6.45. The summed E-state index contributed by atoms with van der Waals surface area (Å²) in [5.74, 6) is 1.31. The predicted molar refractivity (Wildman–Crippen MR) is 117 cm³/mol. The van der Waals surface area contributed by atoms with Crippen LogP contribution in [0.25, 0.3) is 10.9 Å². The van der Waals surface area contributed by atoms with Gasteiger partial charge in [-0.15, -0.1) is 0 Å². The van der Waals surface area contributed by atoms with Crippen molar-refractivity contribution in [2.75, 3.05) is 20.6 Å². The molecule has 3 aromatic rings. The third kappa shape index (κ3) is 4.21. The van der Waals surface area contributed by atoms with Gasteiger partial charge in [-0.3, -0.25) is 9.67 Å². The average molecular weight is 381 g/mol. The van der Waals surface area contributed by atoms with Crippen molar-refractivity contribution in [1.29, 1.82) is 0 Å². The molecule has 28 heavy (non-hydrogen) atoms. The van der Waals surface area contributed by atoms with Crippen molar-refractivity contribution in [2.24, 2.45) is 12.0 Å². The van der Waals surface area contributed by atoms with E-state index in [1.807, 2.05) is 18.8 Å². The van der Waals surface area contributed by atoms with Gasteiger partial charge >= 0.3 is 0 Å². The predicted octanol–water partition coefficient (Wildman–Crippen LogP) is 3.58. The lowest BCUT2D eigenvalue weighted by molar-refractivity contribution is 0.474. The number of rotatable bonds is 6. The Morgan fingerprint density at radius 2 is 2.11 bits per heavy atom. The van der Waals surface area contributed by atoms with Crippen LogP contribution < -0.4 is 5.32 Å². The fourth-order valence-corrected chi connectivity index (χ4v) is 3.76. The van der Waals surface area contributed by atoms with E-state index in [2.05, 4.69) is 83.7 Å². The summed E-state index contributed by atoms with van der Waals surface area (Å²) in [5.41, 5.74) is 6.24. The molecule has 2 heterocycles. The first-order valence-electron chi connectivity index (χ1n) is 9.90. The number of aromatic amines is 1. The van der Waals surface area contributed by atoms with E-state index >= 15 is 0 Å². The number of para-hydroxylation sites is 1. The fourth-order valence-electron chi connectivity index (χ4n) is 3.76. The fraction of sp³-hybridized carbons (Fsp3) is 0.455. The third-order valence-corrected chi connectivity index (χ3v) is 5.15. The molecule has 2 N–H and O–H groups in total. The lowest BCUT2D eigenvalue weighted by Crippen LogP contribution is -2.39. The second-order valence-electron chi connectivity index (χ2n) is 7.76. The number of benzene rings is 1. The Bertz CT molecular complexity index is 963. The minimum Gasteiger partial charge on any atom is -0.361 e. The molecule has 6 nitrogen and oxygen atoms in total. The van der Waals surface area contributed by atoms with E-state index in [4.69, 9.17) is 0 Å². The summed E-state index contributed by atoms with van der Waals surface area (Å²) in [5, 5.41) is 9.41. The number of H-pyrrole nitrogens is 1. The largest absolute Gasteiger partial charge is 0.361 e. The lowest BCUT2D eigenvalue weighted by atomic mass is 10.1. The summed E-state index contributed by atoms with van der Waals surface area (Å²) in [6.45, 7) is 8.13. The van der Waals surface area contributed by atoms with Gasteiger partial charge in [-0.05, 0) is 30.4 Å². The van der Waals surface area contributed by atoms with Crippen LogP contribution in [0, 0.1) is 6.92 Å². The normalized spacial score (nSPS) is 12.2. The molecule has 3 rings (SSSR count). The number of guanidine groups is 1. The van der Waals surface area contributed by atoms with E-state index in [1.54, 1.807) is 0 Å². The van der Waals surface area contributed by atoms with Crippen LogP contribution in [0.2, 0.25) is 0 Å². The Kier molecular flexibility index (Phi) is 6.07. The number of aromatic nitrogens is 3. The highest BCUT2D eigenvalue weighted by Gasteiger charge is 2.15. The molecule has 0 radical (unpaired) electrons. The van der Waals surface area contributed by atoms with Crippen molar-refractivity contribution >= 4 is 16.9 Å². The molecule has 6 heteroatoms. The number of fused-ring (bicyclic) bond motifs is 1. The molecular weight excluding hydrogens is 348 g/mol. The second-order valence-corrected chi connectivity index (χ2v) is 7.76. The molecule has 0 atom stereocenters. The molecule has 1 aromatic carbocycles. The van der Waals surface area contributed by atoms with Crippen molar-refractivity contribution in [3.05, 3.63) is 53.0 Å². The molecule has 2 aromatic heterocycles. The zero-order chi connectivity index (χ0) is 20.3. The molecule has 0 saturated heterocycles. The van der Waals surface area contributed by atoms with Gasteiger partial charge in [0.1, 0.15) is 0 Å². The van der Waals surface area contributed by atoms with Gasteiger partial charge in [-0.2, -0.15) is 5.10 Å². The molecule has 0 bridgehead atoms. The Balaban J connectivity index is 1.62. The Morgan fingerprint density at radius 3 is 2.82 bits per heavy atom. The zero-order valence-corrected chi connectivity index (χ0v) is 17.9. The van der Waals surface area contributed by atoms with Crippen LogP contribution in [0.5, 0.6) is 0 Å². The number of aliphatic imine (C=N–C) groups is 1. The summed E-state index contributed by atoms with van der Waals surface area (Å²) in [4.78, 5) is 10.0. The van der Waals surface area contributed by atoms with Gasteiger partial charge in [0, 0.05) is 63.1 Å². The molecule has 0 fully saturated rings. The van der Waals surface area contributed by atoms with E-state index in [9.17, 15) is 0 Å². The van der Waals surface area contributed by atoms with Gasteiger partial charge < -0.3 is 15.2 Å². The van der Waals surface area contributed by atoms with Gasteiger partial charge in [0.05, 0.1) is 5.69 Å². The number of nitrogens with one attached hydrogen (secondary N) is 2. The highest BCUT2D eigenvalue weighted by atomic mass is 15.3. The van der Waals surface area contributed by atoms with Crippen molar-refractivity contribution < 1.29 is 0 Å². The van der Waals surface area contributed by atoms with Crippen molar-refractivity contribution in [1.82, 2.24) is 25.0 Å². The maximum atomic E-state index is 4.61. The molecule has 0 spiro atoms. The monoisotopic (exact) mass is 380 g/mol. The van der Waals surface area contributed by atoms with Crippen LogP contribution in [0.3, 0.4) is 0 Å². The first-order valence-corrected chi connectivity index (χ1v) is 9.90. The topological polar surface area (TPSA) is 61.2 Å². The molecule has 0 saturated carbocycles. The first kappa shape index (κ1) is 20.0. The molecular formula is C22H32N6. The van der Waals surface area contributed by atoms with E-state index in [0.29, 0.717) is 5.92 Å². The Hall–Kier alpha value is -2.76. The molecule has 0 amide bonds. The van der Waals surface area contributed by atoms with Crippen molar-refractivity contribution in [3.63, 3.8) is 0 Å². The Morgan fingerprint density at radius 1 is 1.32 bits per heavy atom. The highest BCUT2D eigenvalue weighted by Crippen LogP contribution is 2.21. The van der Waals surface area contributed by atoms with Crippen LogP contribution in [0.15, 0.2) is 35.6 Å². The molecule has 0 aliphatic heterocycles. The van der Waals surface area contributed by atoms with Crippen LogP contribution in [0.1, 0.15) is 42.1 Å². The summed E-state index contributed by atoms with van der Waals surface area (Å²) >= 11 is 0. The standard InChI is InChI=1S/C22H32N6/c1-15(2)20-18(14-28(6)26-20)13-27(5)22(23-4)24-11-10-17-12-25-21-16(3)8-7-9-19(17)21/h7-9,12,14-15,25H,10-11,13H2,1-6H3,(H,23,24). The summed E-state index contributed by atoms with van der Waals surface area (Å²) < 4.78 is 1.90. The molecule has 150 valence electrons. The van der Waals surface area contributed by atoms with Gasteiger partial charge in [0.25, 0.3) is 0 Å². The van der Waals surface area contributed by atoms with Crippen LogP contribution in [-0.2, 0) is 20.0 Å². The lowest BCUT2D eigenvalue weighted by Gasteiger charge is -2.22. The minimum absolute atomic E-state index is 0.407. The average Bonchev–Trinajstić information content (AvgIpc) is 3.23. The first-order chi connectivity index (χ1) is 13.4. The smallest absolute Gasteiger partial charge is 0.193 e. The number of aryl methyl sites for hydroxylation is 2. The summed E-state index contributed by atoms with van der Waals surface area (Å²) in [7, 11) is 5.88. The van der Waals surface area contributed by atoms with Crippen LogP contribution in [-0.4, -0.2) is 46.3 Å². The van der Waals surface area contributed by atoms with E-state index < -0.39 is 0 Å². The number of nitrogens with zero attached hydrogens (tertiary/aromatic N) is 4. The van der Waals surface area contributed by atoms with Gasteiger partial charge in [0.15, 0.2) is 5.96 Å². The highest BCUT2D eigenvalue weighted by molar-refractivity contribution is 5.86. The molecule has 0 aliphatic rings. The van der Waals surface area contributed by atoms with E-state index in [-0.39, 0.29) is 0 Å². The SMILES string of the molecule is CN=C(NCCc1c[nH]c2c(C)cccc12)N(C)Cc1cn(C)nc1C(C)C. The minimum atomic E-state index is 0.407. The van der Waals surface area contributed by atoms with Gasteiger partial charge in [-0.1, -0.05) is 32.0 Å².